The van der Waals surface area contributed by atoms with E-state index in [0.717, 1.165) is 11.8 Å². The Morgan fingerprint density at radius 1 is 1.13 bits per heavy atom. The van der Waals surface area contributed by atoms with Crippen molar-refractivity contribution in [1.29, 1.82) is 0 Å². The van der Waals surface area contributed by atoms with Gasteiger partial charge in [-0.2, -0.15) is 0 Å². The molecule has 0 aliphatic heterocycles. The first-order valence-corrected chi connectivity index (χ1v) is 7.17. The Labute approximate surface area is 97.5 Å². The van der Waals surface area contributed by atoms with Gasteiger partial charge in [-0.05, 0) is 48.6 Å². The van der Waals surface area contributed by atoms with Crippen LogP contribution >= 0.6 is 11.8 Å². The van der Waals surface area contributed by atoms with Crippen molar-refractivity contribution in [2.45, 2.75) is 43.4 Å². The number of thioether (sulfide) groups is 1. The van der Waals surface area contributed by atoms with E-state index in [1.165, 1.54) is 36.1 Å². The fraction of sp³-hybridized carbons (Fsp3) is 0.571. The summed E-state index contributed by atoms with van der Waals surface area (Å²) in [6, 6.07) is 9.14. The number of benzene rings is 1. The van der Waals surface area contributed by atoms with Crippen molar-refractivity contribution >= 4 is 11.8 Å². The molecule has 0 radical (unpaired) electrons. The Morgan fingerprint density at radius 2 is 1.73 bits per heavy atom. The van der Waals surface area contributed by atoms with Crippen LogP contribution in [0.5, 0.6) is 0 Å². The SMILES string of the molecule is CSc1ccc(C(C)C2CCCC2)cc1. The molecule has 0 aromatic heterocycles. The van der Waals surface area contributed by atoms with Crippen molar-refractivity contribution in [2.24, 2.45) is 5.92 Å². The highest BCUT2D eigenvalue weighted by molar-refractivity contribution is 7.98. The summed E-state index contributed by atoms with van der Waals surface area (Å²) in [4.78, 5) is 1.37. The van der Waals surface area contributed by atoms with Crippen molar-refractivity contribution < 1.29 is 0 Å². The fourth-order valence-corrected chi connectivity index (χ4v) is 3.05. The largest absolute Gasteiger partial charge is 0.130 e. The summed E-state index contributed by atoms with van der Waals surface area (Å²) in [5, 5.41) is 0. The van der Waals surface area contributed by atoms with Crippen molar-refractivity contribution in [1.82, 2.24) is 0 Å². The number of hydrogen-bond acceptors (Lipinski definition) is 1. The summed E-state index contributed by atoms with van der Waals surface area (Å²) in [6.07, 6.45) is 7.89. The van der Waals surface area contributed by atoms with Gasteiger partial charge in [-0.15, -0.1) is 11.8 Å². The van der Waals surface area contributed by atoms with Gasteiger partial charge < -0.3 is 0 Å². The lowest BCUT2D eigenvalue weighted by Gasteiger charge is -2.19. The lowest BCUT2D eigenvalue weighted by Crippen LogP contribution is -2.05. The first-order chi connectivity index (χ1) is 7.31. The Bertz CT molecular complexity index is 296. The zero-order chi connectivity index (χ0) is 10.7. The van der Waals surface area contributed by atoms with Crippen molar-refractivity contribution in [3.05, 3.63) is 29.8 Å². The van der Waals surface area contributed by atoms with Crippen LogP contribution in [0.25, 0.3) is 0 Å². The summed E-state index contributed by atoms with van der Waals surface area (Å²) in [5.74, 6) is 1.69. The predicted molar refractivity (Wildman–Crippen MR) is 68.6 cm³/mol. The highest BCUT2D eigenvalue weighted by Crippen LogP contribution is 2.37. The van der Waals surface area contributed by atoms with Gasteiger partial charge in [0.2, 0.25) is 0 Å². The molecule has 0 saturated heterocycles. The quantitative estimate of drug-likeness (QED) is 0.665. The molecule has 1 unspecified atom stereocenters. The highest BCUT2D eigenvalue weighted by Gasteiger charge is 2.22. The Balaban J connectivity index is 2.07. The van der Waals surface area contributed by atoms with Gasteiger partial charge in [0.25, 0.3) is 0 Å². The van der Waals surface area contributed by atoms with Crippen LogP contribution < -0.4 is 0 Å². The molecule has 15 heavy (non-hydrogen) atoms. The molecule has 82 valence electrons. The van der Waals surface area contributed by atoms with Gasteiger partial charge in [-0.1, -0.05) is 31.9 Å². The number of hydrogen-bond donors (Lipinski definition) is 0. The average Bonchev–Trinajstić information content (AvgIpc) is 2.82. The van der Waals surface area contributed by atoms with E-state index in [1.54, 1.807) is 0 Å². The van der Waals surface area contributed by atoms with E-state index in [2.05, 4.69) is 37.4 Å². The van der Waals surface area contributed by atoms with Crippen LogP contribution in [0.4, 0.5) is 0 Å². The van der Waals surface area contributed by atoms with Crippen LogP contribution in [0.1, 0.15) is 44.1 Å². The van der Waals surface area contributed by atoms with Gasteiger partial charge >= 0.3 is 0 Å². The maximum atomic E-state index is 2.39. The second kappa shape index (κ2) is 5.07. The molecule has 1 aromatic rings. The molecule has 1 saturated carbocycles. The molecule has 0 heterocycles. The summed E-state index contributed by atoms with van der Waals surface area (Å²) >= 11 is 1.82. The van der Waals surface area contributed by atoms with Crippen molar-refractivity contribution in [2.75, 3.05) is 6.26 Å². The summed E-state index contributed by atoms with van der Waals surface area (Å²) in [6.45, 7) is 2.39. The third-order valence-electron chi connectivity index (χ3n) is 3.75. The smallest absolute Gasteiger partial charge is 0.00693 e. The average molecular weight is 220 g/mol. The van der Waals surface area contributed by atoms with Gasteiger partial charge in [0.05, 0.1) is 0 Å². The van der Waals surface area contributed by atoms with Gasteiger partial charge in [0.1, 0.15) is 0 Å². The van der Waals surface area contributed by atoms with Crippen LogP contribution in [0, 0.1) is 5.92 Å². The zero-order valence-electron chi connectivity index (χ0n) is 9.70. The minimum absolute atomic E-state index is 0.753. The molecule has 0 spiro atoms. The summed E-state index contributed by atoms with van der Waals surface area (Å²) in [7, 11) is 0. The van der Waals surface area contributed by atoms with Crippen molar-refractivity contribution in [3.8, 4) is 0 Å². The topological polar surface area (TPSA) is 0 Å². The predicted octanol–water partition coefficient (Wildman–Crippen LogP) is 4.70. The van der Waals surface area contributed by atoms with Gasteiger partial charge in [0.15, 0.2) is 0 Å². The molecular weight excluding hydrogens is 200 g/mol. The normalized spacial score (nSPS) is 19.3. The molecular formula is C14H20S. The second-order valence-corrected chi connectivity index (χ2v) is 5.49. The van der Waals surface area contributed by atoms with Gasteiger partial charge in [-0.25, -0.2) is 0 Å². The molecule has 1 aliphatic rings. The first kappa shape index (κ1) is 11.1. The monoisotopic (exact) mass is 220 g/mol. The van der Waals surface area contributed by atoms with E-state index in [-0.39, 0.29) is 0 Å². The molecule has 1 fully saturated rings. The summed E-state index contributed by atoms with van der Waals surface area (Å²) in [5.41, 5.74) is 1.53. The van der Waals surface area contributed by atoms with E-state index >= 15 is 0 Å². The minimum atomic E-state index is 0.753. The molecule has 0 nitrogen and oxygen atoms in total. The lowest BCUT2D eigenvalue weighted by molar-refractivity contribution is 0.461. The molecule has 1 aliphatic carbocycles. The molecule has 0 amide bonds. The molecule has 0 bridgehead atoms. The van der Waals surface area contributed by atoms with E-state index in [9.17, 15) is 0 Å². The maximum Gasteiger partial charge on any atom is 0.00693 e. The minimum Gasteiger partial charge on any atom is -0.130 e. The molecule has 1 atom stereocenters. The third-order valence-corrected chi connectivity index (χ3v) is 4.49. The standard InChI is InChI=1S/C14H20S/c1-11(12-5-3-4-6-12)13-7-9-14(15-2)10-8-13/h7-12H,3-6H2,1-2H3. The van der Waals surface area contributed by atoms with E-state index in [0.29, 0.717) is 0 Å². The Morgan fingerprint density at radius 3 is 2.27 bits per heavy atom. The molecule has 1 heteroatoms. The third kappa shape index (κ3) is 2.57. The van der Waals surface area contributed by atoms with Crippen LogP contribution in [-0.4, -0.2) is 6.26 Å². The lowest BCUT2D eigenvalue weighted by atomic mass is 9.87. The second-order valence-electron chi connectivity index (χ2n) is 4.61. The molecule has 0 N–H and O–H groups in total. The first-order valence-electron chi connectivity index (χ1n) is 5.95. The molecule has 1 aromatic carbocycles. The van der Waals surface area contributed by atoms with E-state index in [4.69, 9.17) is 0 Å². The van der Waals surface area contributed by atoms with E-state index in [1.807, 2.05) is 11.8 Å². The highest BCUT2D eigenvalue weighted by atomic mass is 32.2. The Kier molecular flexibility index (Phi) is 3.74. The van der Waals surface area contributed by atoms with Crippen LogP contribution in [-0.2, 0) is 0 Å². The van der Waals surface area contributed by atoms with Gasteiger partial charge in [0, 0.05) is 4.90 Å². The fourth-order valence-electron chi connectivity index (χ4n) is 2.64. The zero-order valence-corrected chi connectivity index (χ0v) is 10.5. The van der Waals surface area contributed by atoms with E-state index < -0.39 is 0 Å². The van der Waals surface area contributed by atoms with Crippen molar-refractivity contribution in [3.63, 3.8) is 0 Å². The Hall–Kier alpha value is -0.430. The van der Waals surface area contributed by atoms with Crippen LogP contribution in [0.2, 0.25) is 0 Å². The maximum absolute atomic E-state index is 2.39. The van der Waals surface area contributed by atoms with Crippen LogP contribution in [0.3, 0.4) is 0 Å². The summed E-state index contributed by atoms with van der Waals surface area (Å²) < 4.78 is 0. The molecule has 2 rings (SSSR count). The van der Waals surface area contributed by atoms with Crippen LogP contribution in [0.15, 0.2) is 29.2 Å². The van der Waals surface area contributed by atoms with Gasteiger partial charge in [-0.3, -0.25) is 0 Å². The number of rotatable bonds is 3.